The Morgan fingerprint density at radius 1 is 1.54 bits per heavy atom. The van der Waals surface area contributed by atoms with Gasteiger partial charge in [-0.05, 0) is 13.0 Å². The Labute approximate surface area is 80.8 Å². The van der Waals surface area contributed by atoms with E-state index in [1.54, 1.807) is 0 Å². The minimum absolute atomic E-state index is 0.795. The summed E-state index contributed by atoms with van der Waals surface area (Å²) in [4.78, 5) is 4.37. The van der Waals surface area contributed by atoms with Crippen molar-refractivity contribution in [2.24, 2.45) is 7.05 Å². The fraction of sp³-hybridized carbons (Fsp3) is 0.222. The van der Waals surface area contributed by atoms with Crippen molar-refractivity contribution in [3.63, 3.8) is 0 Å². The maximum absolute atomic E-state index is 5.83. The van der Waals surface area contributed by atoms with E-state index in [2.05, 4.69) is 4.98 Å². The second-order valence-electron chi connectivity index (χ2n) is 3.01. The molecule has 0 fully saturated rings. The van der Waals surface area contributed by atoms with Gasteiger partial charge in [0.2, 0.25) is 0 Å². The Morgan fingerprint density at radius 2 is 2.31 bits per heavy atom. The Hall–Kier alpha value is -1.29. The lowest BCUT2D eigenvalue weighted by Crippen LogP contribution is -1.84. The van der Waals surface area contributed by atoms with E-state index in [1.807, 2.05) is 37.0 Å². The normalized spacial score (nSPS) is 10.6. The molecule has 0 saturated carbocycles. The molecule has 0 radical (unpaired) electrons. The summed E-state index contributed by atoms with van der Waals surface area (Å²) in [6.07, 6.45) is 4.01. The molecule has 0 aliphatic rings. The van der Waals surface area contributed by atoms with Crippen molar-refractivity contribution in [1.29, 1.82) is 0 Å². The SMILES string of the molecule is Cc1nc(-c2ccn(C)c2)c(N)s1. The van der Waals surface area contributed by atoms with Crippen LogP contribution in [0, 0.1) is 6.92 Å². The maximum Gasteiger partial charge on any atom is 0.114 e. The highest BCUT2D eigenvalue weighted by atomic mass is 32.1. The summed E-state index contributed by atoms with van der Waals surface area (Å²) in [6, 6.07) is 2.02. The van der Waals surface area contributed by atoms with E-state index in [-0.39, 0.29) is 0 Å². The van der Waals surface area contributed by atoms with Gasteiger partial charge < -0.3 is 10.3 Å². The molecule has 2 rings (SSSR count). The molecule has 2 aromatic rings. The Balaban J connectivity index is 2.51. The van der Waals surface area contributed by atoms with Crippen LogP contribution in [0.15, 0.2) is 18.5 Å². The van der Waals surface area contributed by atoms with Crippen molar-refractivity contribution >= 4 is 16.3 Å². The number of nitrogens with two attached hydrogens (primary N) is 1. The van der Waals surface area contributed by atoms with Crippen LogP contribution >= 0.6 is 11.3 Å². The van der Waals surface area contributed by atoms with Crippen LogP contribution in [0.25, 0.3) is 11.3 Å². The van der Waals surface area contributed by atoms with Crippen molar-refractivity contribution in [2.45, 2.75) is 6.92 Å². The van der Waals surface area contributed by atoms with Gasteiger partial charge in [0.1, 0.15) is 10.7 Å². The predicted molar refractivity (Wildman–Crippen MR) is 55.7 cm³/mol. The molecule has 0 unspecified atom stereocenters. The molecule has 0 bridgehead atoms. The molecule has 68 valence electrons. The molecule has 0 aromatic carbocycles. The first kappa shape index (κ1) is 8.31. The minimum atomic E-state index is 0.795. The van der Waals surface area contributed by atoms with Crippen molar-refractivity contribution in [3.05, 3.63) is 23.5 Å². The lowest BCUT2D eigenvalue weighted by molar-refractivity contribution is 0.928. The molecule has 2 heterocycles. The second kappa shape index (κ2) is 2.88. The van der Waals surface area contributed by atoms with Gasteiger partial charge in [-0.3, -0.25) is 0 Å². The third-order valence-electron chi connectivity index (χ3n) is 1.87. The standard InChI is InChI=1S/C9H11N3S/c1-6-11-8(9(10)13-6)7-3-4-12(2)5-7/h3-5H,10H2,1-2H3. The quantitative estimate of drug-likeness (QED) is 0.753. The van der Waals surface area contributed by atoms with E-state index in [0.717, 1.165) is 21.3 Å². The first-order valence-electron chi connectivity index (χ1n) is 4.02. The molecule has 0 amide bonds. The molecule has 2 N–H and O–H groups in total. The zero-order valence-corrected chi connectivity index (χ0v) is 8.43. The number of nitrogens with zero attached hydrogens (tertiary/aromatic N) is 2. The van der Waals surface area contributed by atoms with E-state index in [1.165, 1.54) is 11.3 Å². The zero-order chi connectivity index (χ0) is 9.42. The number of hydrogen-bond acceptors (Lipinski definition) is 3. The number of anilines is 1. The largest absolute Gasteiger partial charge is 0.389 e. The van der Waals surface area contributed by atoms with Gasteiger partial charge >= 0.3 is 0 Å². The molecular formula is C9H11N3S. The van der Waals surface area contributed by atoms with E-state index < -0.39 is 0 Å². The molecule has 0 saturated heterocycles. The molecule has 0 spiro atoms. The molecule has 2 aromatic heterocycles. The molecule has 4 heteroatoms. The second-order valence-corrected chi connectivity index (χ2v) is 4.25. The highest BCUT2D eigenvalue weighted by molar-refractivity contribution is 7.16. The van der Waals surface area contributed by atoms with Crippen molar-refractivity contribution < 1.29 is 0 Å². The van der Waals surface area contributed by atoms with Gasteiger partial charge in [0, 0.05) is 25.0 Å². The van der Waals surface area contributed by atoms with Crippen LogP contribution in [0.4, 0.5) is 5.00 Å². The van der Waals surface area contributed by atoms with E-state index in [0.29, 0.717) is 0 Å². The number of hydrogen-bond donors (Lipinski definition) is 1. The van der Waals surface area contributed by atoms with Crippen LogP contribution in [0.3, 0.4) is 0 Å². The smallest absolute Gasteiger partial charge is 0.114 e. The summed E-state index contributed by atoms with van der Waals surface area (Å²) in [5.41, 5.74) is 7.82. The van der Waals surface area contributed by atoms with Crippen molar-refractivity contribution in [3.8, 4) is 11.3 Å². The Morgan fingerprint density at radius 3 is 2.77 bits per heavy atom. The van der Waals surface area contributed by atoms with Crippen LogP contribution in [-0.4, -0.2) is 9.55 Å². The molecule has 0 atom stereocenters. The van der Waals surface area contributed by atoms with Crippen LogP contribution < -0.4 is 5.73 Å². The number of nitrogen functional groups attached to an aromatic ring is 1. The van der Waals surface area contributed by atoms with Gasteiger partial charge in [-0.15, -0.1) is 11.3 Å². The summed E-state index contributed by atoms with van der Waals surface area (Å²) in [7, 11) is 1.99. The summed E-state index contributed by atoms with van der Waals surface area (Å²) in [5, 5.41) is 1.81. The van der Waals surface area contributed by atoms with Gasteiger partial charge in [-0.2, -0.15) is 0 Å². The molecule has 0 aliphatic heterocycles. The third kappa shape index (κ3) is 1.45. The Bertz CT molecular complexity index is 428. The minimum Gasteiger partial charge on any atom is -0.389 e. The monoisotopic (exact) mass is 193 g/mol. The first-order valence-corrected chi connectivity index (χ1v) is 4.83. The highest BCUT2D eigenvalue weighted by Crippen LogP contribution is 2.29. The maximum atomic E-state index is 5.83. The molecular weight excluding hydrogens is 182 g/mol. The van der Waals surface area contributed by atoms with E-state index in [9.17, 15) is 0 Å². The average Bonchev–Trinajstić information content (AvgIpc) is 2.58. The summed E-state index contributed by atoms with van der Waals surface area (Å²) < 4.78 is 1.99. The first-order chi connectivity index (χ1) is 6.16. The van der Waals surface area contributed by atoms with Gasteiger partial charge in [0.05, 0.1) is 5.01 Å². The summed E-state index contributed by atoms with van der Waals surface area (Å²) in [6.45, 7) is 1.97. The number of thiazole rings is 1. The van der Waals surface area contributed by atoms with Crippen LogP contribution in [0.5, 0.6) is 0 Å². The van der Waals surface area contributed by atoms with Gasteiger partial charge in [-0.25, -0.2) is 4.98 Å². The number of rotatable bonds is 1. The topological polar surface area (TPSA) is 43.8 Å². The fourth-order valence-corrected chi connectivity index (χ4v) is 2.01. The van der Waals surface area contributed by atoms with Crippen LogP contribution in [0.2, 0.25) is 0 Å². The summed E-state index contributed by atoms with van der Waals surface area (Å²) in [5.74, 6) is 0. The number of aromatic nitrogens is 2. The van der Waals surface area contributed by atoms with Crippen LogP contribution in [-0.2, 0) is 7.05 Å². The van der Waals surface area contributed by atoms with Crippen molar-refractivity contribution in [2.75, 3.05) is 5.73 Å². The average molecular weight is 193 g/mol. The fourth-order valence-electron chi connectivity index (χ4n) is 1.29. The van der Waals surface area contributed by atoms with E-state index >= 15 is 0 Å². The number of aryl methyl sites for hydroxylation is 2. The van der Waals surface area contributed by atoms with Gasteiger partial charge in [0.15, 0.2) is 0 Å². The van der Waals surface area contributed by atoms with Gasteiger partial charge in [-0.1, -0.05) is 0 Å². The predicted octanol–water partition coefficient (Wildman–Crippen LogP) is 2.04. The Kier molecular flexibility index (Phi) is 1.84. The van der Waals surface area contributed by atoms with Crippen molar-refractivity contribution in [1.82, 2.24) is 9.55 Å². The van der Waals surface area contributed by atoms with E-state index in [4.69, 9.17) is 5.73 Å². The van der Waals surface area contributed by atoms with Gasteiger partial charge in [0.25, 0.3) is 0 Å². The lowest BCUT2D eigenvalue weighted by atomic mass is 10.2. The molecule has 13 heavy (non-hydrogen) atoms. The van der Waals surface area contributed by atoms with Crippen LogP contribution in [0.1, 0.15) is 5.01 Å². The molecule has 3 nitrogen and oxygen atoms in total. The third-order valence-corrected chi connectivity index (χ3v) is 2.67. The summed E-state index contributed by atoms with van der Waals surface area (Å²) >= 11 is 1.53. The highest BCUT2D eigenvalue weighted by Gasteiger charge is 2.08. The molecule has 0 aliphatic carbocycles. The zero-order valence-electron chi connectivity index (χ0n) is 7.61. The lowest BCUT2D eigenvalue weighted by Gasteiger charge is -1.91.